The number of nitrogens with two attached hydrogens (primary N) is 1. The van der Waals surface area contributed by atoms with Crippen LogP contribution < -0.4 is 10.5 Å². The number of hydrogen-bond donors (Lipinski definition) is 1. The van der Waals surface area contributed by atoms with Gasteiger partial charge in [0, 0.05) is 21.8 Å². The Bertz CT molecular complexity index is 494. The van der Waals surface area contributed by atoms with Crippen molar-refractivity contribution in [2.75, 3.05) is 12.8 Å². The number of halogens is 1. The van der Waals surface area contributed by atoms with Gasteiger partial charge in [0.15, 0.2) is 0 Å². The molecule has 2 N–H and O–H groups in total. The van der Waals surface area contributed by atoms with E-state index in [2.05, 4.69) is 15.9 Å². The predicted molar refractivity (Wildman–Crippen MR) is 70.5 cm³/mol. The van der Waals surface area contributed by atoms with Gasteiger partial charge in [-0.25, -0.2) is 0 Å². The monoisotopic (exact) mass is 277 g/mol. The molecule has 2 aromatic carbocycles. The quantitative estimate of drug-likeness (QED) is 0.850. The van der Waals surface area contributed by atoms with Gasteiger partial charge in [0.1, 0.15) is 5.75 Å². The molecule has 0 aromatic heterocycles. The molecule has 0 radical (unpaired) electrons. The average molecular weight is 278 g/mol. The van der Waals surface area contributed by atoms with Crippen molar-refractivity contribution in [1.82, 2.24) is 0 Å². The third-order valence-electron chi connectivity index (χ3n) is 2.41. The molecule has 16 heavy (non-hydrogen) atoms. The Balaban J connectivity index is 2.44. The Morgan fingerprint density at radius 2 is 1.75 bits per heavy atom. The number of nitrogen functional groups attached to an aromatic ring is 1. The number of hydrogen-bond acceptors (Lipinski definition) is 2. The maximum atomic E-state index is 5.98. The van der Waals surface area contributed by atoms with Crippen molar-refractivity contribution in [3.8, 4) is 16.9 Å². The van der Waals surface area contributed by atoms with E-state index in [-0.39, 0.29) is 0 Å². The van der Waals surface area contributed by atoms with E-state index in [1.807, 2.05) is 42.5 Å². The predicted octanol–water partition coefficient (Wildman–Crippen LogP) is 3.71. The van der Waals surface area contributed by atoms with Gasteiger partial charge < -0.3 is 10.5 Å². The van der Waals surface area contributed by atoms with Crippen LogP contribution in [0.5, 0.6) is 5.75 Å². The zero-order valence-electron chi connectivity index (χ0n) is 8.91. The first kappa shape index (κ1) is 11.0. The lowest BCUT2D eigenvalue weighted by atomic mass is 10.0. The maximum absolute atomic E-state index is 5.98. The molecule has 0 aliphatic rings. The molecule has 0 atom stereocenters. The minimum absolute atomic E-state index is 0.724. The molecule has 0 aliphatic heterocycles. The molecule has 0 aliphatic carbocycles. The van der Waals surface area contributed by atoms with Crippen molar-refractivity contribution >= 4 is 21.6 Å². The molecule has 0 unspecified atom stereocenters. The number of benzene rings is 2. The lowest BCUT2D eigenvalue weighted by Gasteiger charge is -2.08. The summed E-state index contributed by atoms with van der Waals surface area (Å²) in [5.41, 5.74) is 8.82. The van der Waals surface area contributed by atoms with Crippen LogP contribution in [0.2, 0.25) is 0 Å². The summed E-state index contributed by atoms with van der Waals surface area (Å²) in [6.45, 7) is 0. The maximum Gasteiger partial charge on any atom is 0.120 e. The second-order valence-corrected chi connectivity index (χ2v) is 4.38. The molecular weight excluding hydrogens is 266 g/mol. The highest BCUT2D eigenvalue weighted by molar-refractivity contribution is 9.10. The molecule has 0 amide bonds. The summed E-state index contributed by atoms with van der Waals surface area (Å²) in [7, 11) is 1.63. The fourth-order valence-electron chi connectivity index (χ4n) is 1.56. The summed E-state index contributed by atoms with van der Waals surface area (Å²) in [6, 6.07) is 13.8. The van der Waals surface area contributed by atoms with Crippen molar-refractivity contribution in [3.05, 3.63) is 46.9 Å². The van der Waals surface area contributed by atoms with E-state index >= 15 is 0 Å². The number of ether oxygens (including phenoxy) is 1. The van der Waals surface area contributed by atoms with Gasteiger partial charge in [-0.2, -0.15) is 0 Å². The molecule has 0 bridgehead atoms. The third kappa shape index (κ3) is 2.19. The fourth-order valence-corrected chi connectivity index (χ4v) is 1.82. The highest BCUT2D eigenvalue weighted by atomic mass is 79.9. The van der Waals surface area contributed by atoms with E-state index in [4.69, 9.17) is 10.5 Å². The highest BCUT2D eigenvalue weighted by Crippen LogP contribution is 2.29. The Labute approximate surface area is 103 Å². The van der Waals surface area contributed by atoms with Crippen LogP contribution in [0.3, 0.4) is 0 Å². The van der Waals surface area contributed by atoms with Crippen molar-refractivity contribution < 1.29 is 4.74 Å². The van der Waals surface area contributed by atoms with Crippen LogP contribution in [0.4, 0.5) is 5.69 Å². The Kier molecular flexibility index (Phi) is 3.15. The van der Waals surface area contributed by atoms with Crippen LogP contribution in [0, 0.1) is 0 Å². The average Bonchev–Trinajstić information content (AvgIpc) is 2.30. The first-order chi connectivity index (χ1) is 7.70. The van der Waals surface area contributed by atoms with E-state index in [0.717, 1.165) is 27.0 Å². The normalized spacial score (nSPS) is 10.1. The Morgan fingerprint density at radius 1 is 1.06 bits per heavy atom. The van der Waals surface area contributed by atoms with Gasteiger partial charge in [0.05, 0.1) is 7.11 Å². The van der Waals surface area contributed by atoms with Crippen molar-refractivity contribution in [2.24, 2.45) is 0 Å². The van der Waals surface area contributed by atoms with Gasteiger partial charge in [0.2, 0.25) is 0 Å². The molecule has 2 rings (SSSR count). The standard InChI is InChI=1S/C13H12BrNO/c1-16-11-6-7-12(13(15)8-11)9-2-4-10(14)5-3-9/h2-8H,15H2,1H3. The molecule has 0 heterocycles. The SMILES string of the molecule is COc1ccc(-c2ccc(Br)cc2)c(N)c1. The summed E-state index contributed by atoms with van der Waals surface area (Å²) in [5, 5.41) is 0. The first-order valence-corrected chi connectivity index (χ1v) is 5.69. The zero-order chi connectivity index (χ0) is 11.5. The minimum Gasteiger partial charge on any atom is -0.497 e. The zero-order valence-corrected chi connectivity index (χ0v) is 10.5. The third-order valence-corrected chi connectivity index (χ3v) is 2.94. The van der Waals surface area contributed by atoms with E-state index in [9.17, 15) is 0 Å². The van der Waals surface area contributed by atoms with Gasteiger partial charge in [-0.15, -0.1) is 0 Å². The molecule has 0 spiro atoms. The topological polar surface area (TPSA) is 35.2 Å². The van der Waals surface area contributed by atoms with E-state index < -0.39 is 0 Å². The molecule has 3 heteroatoms. The second-order valence-electron chi connectivity index (χ2n) is 3.46. The molecule has 82 valence electrons. The largest absolute Gasteiger partial charge is 0.497 e. The van der Waals surface area contributed by atoms with Gasteiger partial charge in [0.25, 0.3) is 0 Å². The molecule has 2 aromatic rings. The fraction of sp³-hybridized carbons (Fsp3) is 0.0769. The van der Waals surface area contributed by atoms with Crippen molar-refractivity contribution in [3.63, 3.8) is 0 Å². The Morgan fingerprint density at radius 3 is 2.31 bits per heavy atom. The number of methoxy groups -OCH3 is 1. The van der Waals surface area contributed by atoms with E-state index in [0.29, 0.717) is 0 Å². The van der Waals surface area contributed by atoms with Gasteiger partial charge in [-0.05, 0) is 29.8 Å². The summed E-state index contributed by atoms with van der Waals surface area (Å²) >= 11 is 3.41. The van der Waals surface area contributed by atoms with Crippen LogP contribution in [-0.2, 0) is 0 Å². The lowest BCUT2D eigenvalue weighted by molar-refractivity contribution is 0.415. The second kappa shape index (κ2) is 4.58. The van der Waals surface area contributed by atoms with Crippen molar-refractivity contribution in [1.29, 1.82) is 0 Å². The molecule has 0 fully saturated rings. The smallest absolute Gasteiger partial charge is 0.120 e. The summed E-state index contributed by atoms with van der Waals surface area (Å²) in [4.78, 5) is 0. The minimum atomic E-state index is 0.724. The van der Waals surface area contributed by atoms with Gasteiger partial charge in [-0.1, -0.05) is 28.1 Å². The van der Waals surface area contributed by atoms with Crippen LogP contribution in [0.1, 0.15) is 0 Å². The molecule has 0 saturated carbocycles. The summed E-state index contributed by atoms with van der Waals surface area (Å²) in [5.74, 6) is 0.776. The number of anilines is 1. The van der Waals surface area contributed by atoms with Gasteiger partial charge >= 0.3 is 0 Å². The lowest BCUT2D eigenvalue weighted by Crippen LogP contribution is -1.91. The first-order valence-electron chi connectivity index (χ1n) is 4.90. The van der Waals surface area contributed by atoms with Crippen LogP contribution in [-0.4, -0.2) is 7.11 Å². The van der Waals surface area contributed by atoms with Crippen molar-refractivity contribution in [2.45, 2.75) is 0 Å². The van der Waals surface area contributed by atoms with Crippen LogP contribution in [0.15, 0.2) is 46.9 Å². The summed E-state index contributed by atoms with van der Waals surface area (Å²) < 4.78 is 6.18. The molecule has 0 saturated heterocycles. The van der Waals surface area contributed by atoms with E-state index in [1.54, 1.807) is 7.11 Å². The van der Waals surface area contributed by atoms with Gasteiger partial charge in [-0.3, -0.25) is 0 Å². The molecular formula is C13H12BrNO. The highest BCUT2D eigenvalue weighted by Gasteiger charge is 2.03. The summed E-state index contributed by atoms with van der Waals surface area (Å²) in [6.07, 6.45) is 0. The van der Waals surface area contributed by atoms with Crippen LogP contribution in [0.25, 0.3) is 11.1 Å². The van der Waals surface area contributed by atoms with Crippen LogP contribution >= 0.6 is 15.9 Å². The number of rotatable bonds is 2. The van der Waals surface area contributed by atoms with E-state index in [1.165, 1.54) is 0 Å². The Hall–Kier alpha value is -1.48. The molecule has 2 nitrogen and oxygen atoms in total.